The lowest BCUT2D eigenvalue weighted by Crippen LogP contribution is -2.48. The number of rotatable bonds is 9. The fourth-order valence-electron chi connectivity index (χ4n) is 2.78. The second-order valence-electron chi connectivity index (χ2n) is 6.51. The van der Waals surface area contributed by atoms with Crippen LogP contribution in [0.25, 0.3) is 0 Å². The molecule has 1 atom stereocenters. The van der Waals surface area contributed by atoms with Crippen molar-refractivity contribution in [2.45, 2.75) is 57.4 Å². The number of aryl methyl sites for hydroxylation is 1. The molecule has 1 aliphatic heterocycles. The maximum Gasteiger partial charge on any atom is 0.0685 e. The summed E-state index contributed by atoms with van der Waals surface area (Å²) in [6, 6.07) is 8.83. The Labute approximate surface area is 139 Å². The quantitative estimate of drug-likeness (QED) is 0.537. The Kier molecular flexibility index (Phi) is 7.06. The molecular weight excluding hydrogens is 292 g/mol. The summed E-state index contributed by atoms with van der Waals surface area (Å²) in [5.74, 6) is 0.781. The summed E-state index contributed by atoms with van der Waals surface area (Å²) >= 11 is 1.71. The molecule has 1 heterocycles. The molecule has 3 nitrogen and oxygen atoms in total. The molecule has 4 heteroatoms. The third-order valence-electron chi connectivity index (χ3n) is 4.32. The maximum absolute atomic E-state index is 9.34. The zero-order chi connectivity index (χ0) is 15.8. The van der Waals surface area contributed by atoms with Crippen molar-refractivity contribution >= 4 is 17.6 Å². The molecule has 2 rings (SSSR count). The second kappa shape index (κ2) is 8.80. The molecule has 0 aromatic heterocycles. The molecule has 1 unspecified atom stereocenters. The van der Waals surface area contributed by atoms with E-state index in [0.29, 0.717) is 6.54 Å². The molecule has 1 aromatic carbocycles. The van der Waals surface area contributed by atoms with Gasteiger partial charge in [0.25, 0.3) is 0 Å². The first-order chi connectivity index (χ1) is 10.7. The van der Waals surface area contributed by atoms with Crippen LogP contribution >= 0.6 is 11.9 Å². The summed E-state index contributed by atoms with van der Waals surface area (Å²) in [4.78, 5) is 0. The summed E-state index contributed by atoms with van der Waals surface area (Å²) in [7, 11) is 0. The molecule has 0 saturated carbocycles. The van der Waals surface area contributed by atoms with Gasteiger partial charge in [-0.05, 0) is 42.5 Å². The van der Waals surface area contributed by atoms with Crippen LogP contribution in [0.2, 0.25) is 0 Å². The smallest absolute Gasteiger partial charge is 0.0685 e. The molecule has 3 N–H and O–H groups in total. The molecule has 1 fully saturated rings. The van der Waals surface area contributed by atoms with Crippen LogP contribution in [0.15, 0.2) is 24.3 Å². The van der Waals surface area contributed by atoms with Crippen LogP contribution < -0.4 is 10.0 Å². The highest BCUT2D eigenvalue weighted by Gasteiger charge is 2.34. The largest absolute Gasteiger partial charge is 0.394 e. The van der Waals surface area contributed by atoms with Crippen molar-refractivity contribution in [2.24, 2.45) is 5.73 Å². The van der Waals surface area contributed by atoms with Crippen molar-refractivity contribution in [1.82, 2.24) is 0 Å². The Morgan fingerprint density at radius 3 is 2.45 bits per heavy atom. The number of benzene rings is 1. The lowest BCUT2D eigenvalue weighted by Gasteiger charge is -2.21. The van der Waals surface area contributed by atoms with Crippen LogP contribution in [0.4, 0.5) is 5.69 Å². The number of nitrogens with zero attached hydrogens (tertiary/aromatic N) is 1. The van der Waals surface area contributed by atoms with Gasteiger partial charge in [-0.15, -0.1) is 0 Å². The van der Waals surface area contributed by atoms with Crippen molar-refractivity contribution in [2.75, 3.05) is 23.2 Å². The molecular formula is C18H30N2OS. The van der Waals surface area contributed by atoms with E-state index in [1.54, 1.807) is 11.9 Å². The van der Waals surface area contributed by atoms with Gasteiger partial charge in [-0.25, -0.2) is 0 Å². The fourth-order valence-corrected chi connectivity index (χ4v) is 4.00. The Balaban J connectivity index is 1.74. The van der Waals surface area contributed by atoms with Crippen molar-refractivity contribution in [3.8, 4) is 0 Å². The summed E-state index contributed by atoms with van der Waals surface area (Å²) in [6.45, 7) is 3.02. The number of nitrogens with two attached hydrogens (primary N) is 1. The van der Waals surface area contributed by atoms with Crippen LogP contribution in [0.5, 0.6) is 0 Å². The maximum atomic E-state index is 9.34. The van der Waals surface area contributed by atoms with Gasteiger partial charge in [0, 0.05) is 11.4 Å². The monoisotopic (exact) mass is 322 g/mol. The van der Waals surface area contributed by atoms with Crippen LogP contribution in [-0.2, 0) is 6.42 Å². The number of anilines is 1. The standard InChI is InChI=1S/C18H30N2OS/c1-2-3-4-5-6-7-8-16-9-11-17(12-10-16)20-13-18(19,14-21)15-22-20/h9-12,21H,2-8,13-15,19H2,1H3. The lowest BCUT2D eigenvalue weighted by molar-refractivity contribution is 0.221. The van der Waals surface area contributed by atoms with Gasteiger partial charge in [0.1, 0.15) is 0 Å². The van der Waals surface area contributed by atoms with Gasteiger partial charge >= 0.3 is 0 Å². The Bertz CT molecular complexity index is 437. The number of hydrogen-bond donors (Lipinski definition) is 2. The molecule has 0 radical (unpaired) electrons. The number of aliphatic hydroxyl groups is 1. The van der Waals surface area contributed by atoms with Gasteiger partial charge < -0.3 is 15.1 Å². The average molecular weight is 323 g/mol. The van der Waals surface area contributed by atoms with Crippen LogP contribution in [0.3, 0.4) is 0 Å². The highest BCUT2D eigenvalue weighted by atomic mass is 32.2. The predicted molar refractivity (Wildman–Crippen MR) is 97.3 cm³/mol. The van der Waals surface area contributed by atoms with Crippen LogP contribution in [0.1, 0.15) is 51.0 Å². The zero-order valence-corrected chi connectivity index (χ0v) is 14.6. The van der Waals surface area contributed by atoms with E-state index in [4.69, 9.17) is 5.73 Å². The summed E-state index contributed by atoms with van der Waals surface area (Å²) in [5, 5.41) is 9.34. The minimum Gasteiger partial charge on any atom is -0.394 e. The first kappa shape index (κ1) is 17.6. The van der Waals surface area contributed by atoms with Crippen LogP contribution in [-0.4, -0.2) is 29.5 Å². The number of unbranched alkanes of at least 4 members (excludes halogenated alkanes) is 5. The van der Waals surface area contributed by atoms with E-state index >= 15 is 0 Å². The van der Waals surface area contributed by atoms with Gasteiger partial charge in [0.15, 0.2) is 0 Å². The van der Waals surface area contributed by atoms with E-state index in [2.05, 4.69) is 35.5 Å². The van der Waals surface area contributed by atoms with Gasteiger partial charge in [0.2, 0.25) is 0 Å². The SMILES string of the molecule is CCCCCCCCc1ccc(N2CC(N)(CO)CS2)cc1. The molecule has 124 valence electrons. The molecule has 1 aromatic rings. The fraction of sp³-hybridized carbons (Fsp3) is 0.667. The summed E-state index contributed by atoms with van der Waals surface area (Å²) in [5.41, 5.74) is 8.28. The topological polar surface area (TPSA) is 49.5 Å². The van der Waals surface area contributed by atoms with Crippen molar-refractivity contribution < 1.29 is 5.11 Å². The van der Waals surface area contributed by atoms with Crippen LogP contribution in [0, 0.1) is 0 Å². The van der Waals surface area contributed by atoms with Crippen molar-refractivity contribution in [1.29, 1.82) is 0 Å². The van der Waals surface area contributed by atoms with Crippen molar-refractivity contribution in [3.05, 3.63) is 29.8 Å². The normalized spacial score (nSPS) is 21.5. The van der Waals surface area contributed by atoms with E-state index < -0.39 is 5.54 Å². The summed E-state index contributed by atoms with van der Waals surface area (Å²) < 4.78 is 2.20. The molecule has 0 spiro atoms. The Hall–Kier alpha value is -0.710. The molecule has 22 heavy (non-hydrogen) atoms. The van der Waals surface area contributed by atoms with Gasteiger partial charge in [-0.3, -0.25) is 0 Å². The third-order valence-corrected chi connectivity index (χ3v) is 5.68. The molecule has 1 saturated heterocycles. The predicted octanol–water partition coefficient (Wildman–Crippen LogP) is 3.75. The Morgan fingerprint density at radius 1 is 1.14 bits per heavy atom. The molecule has 0 bridgehead atoms. The lowest BCUT2D eigenvalue weighted by atomic mass is 10.0. The van der Waals surface area contributed by atoms with E-state index in [0.717, 1.165) is 5.75 Å². The van der Waals surface area contributed by atoms with E-state index in [1.165, 1.54) is 56.2 Å². The average Bonchev–Trinajstić information content (AvgIpc) is 2.94. The van der Waals surface area contributed by atoms with E-state index in [1.807, 2.05) is 0 Å². The zero-order valence-electron chi connectivity index (χ0n) is 13.8. The third kappa shape index (κ3) is 5.18. The van der Waals surface area contributed by atoms with Gasteiger partial charge in [0.05, 0.1) is 18.7 Å². The minimum absolute atomic E-state index is 0.0482. The summed E-state index contributed by atoms with van der Waals surface area (Å²) in [6.07, 6.45) is 9.25. The van der Waals surface area contributed by atoms with E-state index in [-0.39, 0.29) is 6.61 Å². The highest BCUT2D eigenvalue weighted by Crippen LogP contribution is 2.32. The second-order valence-corrected chi connectivity index (χ2v) is 7.50. The molecule has 0 aliphatic carbocycles. The first-order valence-corrected chi connectivity index (χ1v) is 9.50. The van der Waals surface area contributed by atoms with E-state index in [9.17, 15) is 5.11 Å². The van der Waals surface area contributed by atoms with Crippen molar-refractivity contribution in [3.63, 3.8) is 0 Å². The van der Waals surface area contributed by atoms with Gasteiger partial charge in [-0.2, -0.15) is 0 Å². The minimum atomic E-state index is -0.457. The molecule has 0 amide bonds. The Morgan fingerprint density at radius 2 is 1.82 bits per heavy atom. The highest BCUT2D eigenvalue weighted by molar-refractivity contribution is 8.01. The first-order valence-electron chi connectivity index (χ1n) is 8.56. The van der Waals surface area contributed by atoms with Gasteiger partial charge in [-0.1, -0.05) is 51.2 Å². The number of hydrogen-bond acceptors (Lipinski definition) is 4. The molecule has 1 aliphatic rings. The number of aliphatic hydroxyl groups excluding tert-OH is 1.